The molecule has 4 aromatic carbocycles. The fraction of sp³-hybridized carbons (Fsp3) is 0.0667. The maximum absolute atomic E-state index is 14.1. The quantitative estimate of drug-likeness (QED) is 0.0615. The number of alkyl halides is 1. The molecule has 264 valence electrons. The zero-order chi connectivity index (χ0) is 37.6. The van der Waals surface area contributed by atoms with Crippen molar-refractivity contribution in [3.05, 3.63) is 125 Å². The molecule has 0 aliphatic rings. The van der Waals surface area contributed by atoms with Crippen molar-refractivity contribution >= 4 is 82.2 Å². The monoisotopic (exact) mass is 810 g/mol. The number of aromatic hydroxyl groups is 1. The molecule has 0 atom stereocenters. The van der Waals surface area contributed by atoms with Gasteiger partial charge in [-0.3, -0.25) is 29.8 Å². The van der Waals surface area contributed by atoms with Crippen LogP contribution in [0.15, 0.2) is 60.7 Å². The first-order valence-electron chi connectivity index (χ1n) is 13.6. The molecule has 5 N–H and O–H groups in total. The lowest BCUT2D eigenvalue weighted by Gasteiger charge is -2.08. The van der Waals surface area contributed by atoms with Crippen LogP contribution in [0, 0.1) is 43.5 Å². The van der Waals surface area contributed by atoms with Crippen LogP contribution in [0.5, 0.6) is 11.5 Å². The molecule has 0 bridgehead atoms. The van der Waals surface area contributed by atoms with Crippen LogP contribution in [0.2, 0.25) is 0 Å². The summed E-state index contributed by atoms with van der Waals surface area (Å²) in [5.74, 6) is -8.33. The molecule has 0 aliphatic heterocycles. The molecule has 6 rings (SSSR count). The second kappa shape index (κ2) is 16.3. The maximum atomic E-state index is 14.1. The van der Waals surface area contributed by atoms with Crippen LogP contribution >= 0.6 is 38.6 Å². The zero-order valence-electron chi connectivity index (χ0n) is 25.1. The first-order chi connectivity index (χ1) is 24.1. The van der Waals surface area contributed by atoms with Gasteiger partial charge in [0, 0.05) is 24.3 Å². The number of thiazole rings is 2. The summed E-state index contributed by atoms with van der Waals surface area (Å²) < 4.78 is 59.8. The number of fused-ring (bicyclic) bond motifs is 2. The average molecular weight is 812 g/mol. The highest BCUT2D eigenvalue weighted by Gasteiger charge is 2.20. The molecule has 2 heterocycles. The summed E-state index contributed by atoms with van der Waals surface area (Å²) in [4.78, 5) is 50.2. The van der Waals surface area contributed by atoms with E-state index in [9.17, 15) is 47.4 Å². The van der Waals surface area contributed by atoms with Gasteiger partial charge in [0.2, 0.25) is 0 Å². The number of aromatic nitrogens is 2. The van der Waals surface area contributed by atoms with Gasteiger partial charge in [0.05, 0.1) is 35.6 Å². The van der Waals surface area contributed by atoms with Crippen LogP contribution in [0.4, 0.5) is 28.9 Å². The van der Waals surface area contributed by atoms with Gasteiger partial charge in [-0.15, -0.1) is 22.7 Å². The first-order valence-corrected chi connectivity index (χ1v) is 16.4. The van der Waals surface area contributed by atoms with Gasteiger partial charge in [-0.25, -0.2) is 27.5 Å². The van der Waals surface area contributed by atoms with E-state index in [1.807, 2.05) is 0 Å². The number of carbonyl (C=O) groups excluding carboxylic acids is 2. The smallest absolute Gasteiger partial charge is 0.271 e. The lowest BCUT2D eigenvalue weighted by molar-refractivity contribution is -0.384. The van der Waals surface area contributed by atoms with E-state index in [4.69, 9.17) is 15.6 Å². The summed E-state index contributed by atoms with van der Waals surface area (Å²) in [5, 5.41) is 32.0. The van der Waals surface area contributed by atoms with Gasteiger partial charge < -0.3 is 21.3 Å². The SMILES string of the molecule is NC(=O)c1c(F)ccc(O)c1F.NC(=O)c1c(F)ccc(OCc2nc3cc([N+](=O)[O-])ccc3s2)c1F.O=[N+]([O-])c1ccc2sc(CBr)nc2c1. The Hall–Kier alpha value is -5.80. The van der Waals surface area contributed by atoms with Crippen molar-refractivity contribution in [2.45, 2.75) is 11.9 Å². The summed E-state index contributed by atoms with van der Waals surface area (Å²) in [6.07, 6.45) is 0. The van der Waals surface area contributed by atoms with Gasteiger partial charge >= 0.3 is 0 Å². The van der Waals surface area contributed by atoms with Crippen LogP contribution in [-0.2, 0) is 11.9 Å². The zero-order valence-corrected chi connectivity index (χ0v) is 28.4. The number of nitro groups is 2. The number of halogens is 5. The number of nitrogens with two attached hydrogens (primary N) is 2. The summed E-state index contributed by atoms with van der Waals surface area (Å²) in [7, 11) is 0. The molecule has 0 saturated carbocycles. The number of benzene rings is 4. The van der Waals surface area contributed by atoms with Crippen LogP contribution in [0.3, 0.4) is 0 Å². The molecular formula is C30H19BrF4N6O8S2. The minimum absolute atomic E-state index is 0.0870. The standard InChI is InChI=1S/C15H9F2N3O4S.C8H5BrN2O2S.C7H5F2NO2/c16-8-2-3-10(14(17)13(8)15(18)21)24-6-12-19-9-5-7(20(22)23)1-4-11(9)25-12;9-4-8-10-6-3-5(11(12)13)1-2-7(6)14-8;8-3-1-2-4(11)6(9)5(3)7(10)12/h1-5H,6H2,(H2,18,21);1-3H,4H2;1-2,11H,(H2,10,12). The van der Waals surface area contributed by atoms with E-state index in [-0.39, 0.29) is 23.7 Å². The fourth-order valence-corrected chi connectivity index (χ4v) is 6.18. The third kappa shape index (κ3) is 9.06. The Morgan fingerprint density at radius 2 is 1.24 bits per heavy atom. The first kappa shape index (κ1) is 38.0. The van der Waals surface area contributed by atoms with Gasteiger partial charge in [-0.2, -0.15) is 0 Å². The molecule has 51 heavy (non-hydrogen) atoms. The van der Waals surface area contributed by atoms with E-state index in [1.165, 1.54) is 46.9 Å². The van der Waals surface area contributed by atoms with Gasteiger partial charge in [-0.05, 0) is 36.4 Å². The Morgan fingerprint density at radius 1 is 0.765 bits per heavy atom. The highest BCUT2D eigenvalue weighted by atomic mass is 79.9. The third-order valence-electron chi connectivity index (χ3n) is 6.34. The summed E-state index contributed by atoms with van der Waals surface area (Å²) in [6.45, 7) is -0.159. The van der Waals surface area contributed by atoms with Crippen molar-refractivity contribution in [1.29, 1.82) is 0 Å². The van der Waals surface area contributed by atoms with Gasteiger partial charge in [-0.1, -0.05) is 15.9 Å². The van der Waals surface area contributed by atoms with Crippen molar-refractivity contribution < 1.29 is 46.8 Å². The van der Waals surface area contributed by atoms with Crippen LogP contribution in [0.25, 0.3) is 20.4 Å². The normalized spacial score (nSPS) is 10.5. The molecule has 6 aromatic rings. The number of phenols is 1. The highest BCUT2D eigenvalue weighted by molar-refractivity contribution is 9.08. The fourth-order valence-electron chi connectivity index (χ4n) is 4.05. The predicted molar refractivity (Wildman–Crippen MR) is 181 cm³/mol. The van der Waals surface area contributed by atoms with Crippen LogP contribution in [-0.4, -0.2) is 36.7 Å². The molecule has 0 radical (unpaired) electrons. The van der Waals surface area contributed by atoms with Crippen molar-refractivity contribution in [2.75, 3.05) is 0 Å². The number of hydrogen-bond donors (Lipinski definition) is 3. The van der Waals surface area contributed by atoms with Crippen molar-refractivity contribution in [1.82, 2.24) is 9.97 Å². The average Bonchev–Trinajstić information content (AvgIpc) is 3.69. The number of non-ortho nitro benzene ring substituents is 2. The Bertz CT molecular complexity index is 2320. The summed E-state index contributed by atoms with van der Waals surface area (Å²) >= 11 is 6.04. The Balaban J connectivity index is 0.000000189. The number of phenolic OH excluding ortho intramolecular Hbond substituents is 1. The number of amides is 2. The summed E-state index contributed by atoms with van der Waals surface area (Å²) in [6, 6.07) is 12.4. The lowest BCUT2D eigenvalue weighted by Crippen LogP contribution is -2.16. The van der Waals surface area contributed by atoms with Crippen LogP contribution < -0.4 is 16.2 Å². The molecule has 0 spiro atoms. The van der Waals surface area contributed by atoms with Gasteiger partial charge in [0.1, 0.15) is 39.4 Å². The van der Waals surface area contributed by atoms with Crippen molar-refractivity contribution in [3.63, 3.8) is 0 Å². The number of carbonyl (C=O) groups is 2. The van der Waals surface area contributed by atoms with E-state index in [0.29, 0.717) is 26.1 Å². The Kier molecular flexibility index (Phi) is 12.1. The molecule has 14 nitrogen and oxygen atoms in total. The van der Waals surface area contributed by atoms with E-state index in [1.54, 1.807) is 12.1 Å². The van der Waals surface area contributed by atoms with Gasteiger partial charge in [0.25, 0.3) is 23.2 Å². The number of rotatable bonds is 8. The number of primary amides is 2. The van der Waals surface area contributed by atoms with Crippen molar-refractivity contribution in [3.8, 4) is 11.5 Å². The minimum Gasteiger partial charge on any atom is -0.505 e. The number of nitro benzene ring substituents is 2. The topological polar surface area (TPSA) is 228 Å². The Morgan fingerprint density at radius 3 is 1.71 bits per heavy atom. The van der Waals surface area contributed by atoms with Crippen molar-refractivity contribution in [2.24, 2.45) is 11.5 Å². The van der Waals surface area contributed by atoms with E-state index in [2.05, 4.69) is 31.6 Å². The number of nitrogens with zero attached hydrogens (tertiary/aromatic N) is 4. The largest absolute Gasteiger partial charge is 0.505 e. The lowest BCUT2D eigenvalue weighted by atomic mass is 10.2. The second-order valence-electron chi connectivity index (χ2n) is 9.67. The highest BCUT2D eigenvalue weighted by Crippen LogP contribution is 2.29. The summed E-state index contributed by atoms with van der Waals surface area (Å²) in [5.41, 5.74) is 8.89. The molecule has 0 unspecified atom stereocenters. The predicted octanol–water partition coefficient (Wildman–Crippen LogP) is 7.03. The molecule has 2 amide bonds. The molecule has 21 heteroatoms. The third-order valence-corrected chi connectivity index (χ3v) is 9.29. The second-order valence-corrected chi connectivity index (χ2v) is 12.5. The molecule has 2 aromatic heterocycles. The van der Waals surface area contributed by atoms with Gasteiger partial charge in [0.15, 0.2) is 23.1 Å². The maximum Gasteiger partial charge on any atom is 0.271 e. The molecule has 0 saturated heterocycles. The van der Waals surface area contributed by atoms with E-state index >= 15 is 0 Å². The minimum atomic E-state index is -1.33. The van der Waals surface area contributed by atoms with E-state index in [0.717, 1.165) is 34.0 Å². The number of hydrogen-bond acceptors (Lipinski definition) is 12. The Labute approximate surface area is 298 Å². The molecule has 0 aliphatic carbocycles. The molecular weight excluding hydrogens is 792 g/mol. The molecule has 0 fully saturated rings. The number of ether oxygens (including phenoxy) is 1. The van der Waals surface area contributed by atoms with E-state index < -0.39 is 61.8 Å². The van der Waals surface area contributed by atoms with Crippen LogP contribution in [0.1, 0.15) is 30.7 Å².